The number of rotatable bonds is 4. The summed E-state index contributed by atoms with van der Waals surface area (Å²) in [6.07, 6.45) is 5.25. The van der Waals surface area contributed by atoms with Crippen molar-refractivity contribution in [3.63, 3.8) is 0 Å². The van der Waals surface area contributed by atoms with Gasteiger partial charge in [-0.2, -0.15) is 0 Å². The third-order valence-electron chi connectivity index (χ3n) is 8.49. The van der Waals surface area contributed by atoms with Crippen LogP contribution in [0.5, 0.6) is 0 Å². The Morgan fingerprint density at radius 2 is 1.45 bits per heavy atom. The number of para-hydroxylation sites is 1. The zero-order valence-corrected chi connectivity index (χ0v) is 22.5. The van der Waals surface area contributed by atoms with Gasteiger partial charge in [-0.3, -0.25) is 19.2 Å². The highest BCUT2D eigenvalue weighted by Gasteiger charge is 2.44. The van der Waals surface area contributed by atoms with Crippen LogP contribution in [-0.2, 0) is 32.0 Å². The lowest BCUT2D eigenvalue weighted by Gasteiger charge is -2.32. The van der Waals surface area contributed by atoms with Crippen LogP contribution >= 0.6 is 0 Å². The van der Waals surface area contributed by atoms with Crippen LogP contribution in [0.3, 0.4) is 0 Å². The van der Waals surface area contributed by atoms with E-state index in [-0.39, 0.29) is 30.0 Å². The summed E-state index contributed by atoms with van der Waals surface area (Å²) in [4.78, 5) is 61.4. The minimum atomic E-state index is -0.830. The SMILES string of the molecule is O=C1CC(Cc2ccccc2)NC(=O)C2CCCN2C(=O)C2CCCN2C(=O)C(Cc2c[nH]c3ccccc23)N1. The van der Waals surface area contributed by atoms with Crippen LogP contribution in [0.2, 0.25) is 0 Å². The van der Waals surface area contributed by atoms with Crippen LogP contribution in [0.15, 0.2) is 60.8 Å². The molecule has 0 radical (unpaired) electrons. The highest BCUT2D eigenvalue weighted by molar-refractivity contribution is 5.96. The van der Waals surface area contributed by atoms with Crippen LogP contribution in [-0.4, -0.2) is 75.7 Å². The largest absolute Gasteiger partial charge is 0.361 e. The van der Waals surface area contributed by atoms with Crippen LogP contribution in [0.1, 0.15) is 43.2 Å². The van der Waals surface area contributed by atoms with Gasteiger partial charge in [-0.15, -0.1) is 0 Å². The summed E-state index contributed by atoms with van der Waals surface area (Å²) in [5.41, 5.74) is 2.88. The van der Waals surface area contributed by atoms with E-state index in [1.165, 1.54) is 0 Å². The molecular weight excluding hydrogens is 506 g/mol. The maximum atomic E-state index is 14.1. The predicted molar refractivity (Wildman–Crippen MR) is 150 cm³/mol. The normalized spacial score (nSPS) is 26.0. The summed E-state index contributed by atoms with van der Waals surface area (Å²) in [6, 6.07) is 15.1. The van der Waals surface area contributed by atoms with Crippen molar-refractivity contribution in [2.75, 3.05) is 13.1 Å². The number of carbonyl (C=O) groups is 4. The number of aromatic amines is 1. The lowest BCUT2D eigenvalue weighted by atomic mass is 10.0. The summed E-state index contributed by atoms with van der Waals surface area (Å²) in [5.74, 6) is -0.947. The Morgan fingerprint density at radius 1 is 0.750 bits per heavy atom. The summed E-state index contributed by atoms with van der Waals surface area (Å²) in [6.45, 7) is 0.950. The molecule has 0 bridgehead atoms. The van der Waals surface area contributed by atoms with E-state index in [1.807, 2.05) is 60.8 Å². The van der Waals surface area contributed by atoms with Crippen molar-refractivity contribution < 1.29 is 19.2 Å². The first-order chi connectivity index (χ1) is 19.5. The molecule has 3 saturated heterocycles. The Hall–Kier alpha value is -4.14. The molecule has 4 atom stereocenters. The Morgan fingerprint density at radius 3 is 2.25 bits per heavy atom. The van der Waals surface area contributed by atoms with E-state index < -0.39 is 24.2 Å². The van der Waals surface area contributed by atoms with Gasteiger partial charge >= 0.3 is 0 Å². The fourth-order valence-electron chi connectivity index (χ4n) is 6.55. The van der Waals surface area contributed by atoms with Crippen molar-refractivity contribution in [1.82, 2.24) is 25.4 Å². The average molecular weight is 542 g/mol. The topological polar surface area (TPSA) is 115 Å². The molecule has 4 unspecified atom stereocenters. The highest BCUT2D eigenvalue weighted by atomic mass is 16.2. The zero-order chi connectivity index (χ0) is 27.6. The fourth-order valence-corrected chi connectivity index (χ4v) is 6.55. The predicted octanol–water partition coefficient (Wildman–Crippen LogP) is 2.31. The van der Waals surface area contributed by atoms with E-state index >= 15 is 0 Å². The number of H-pyrrole nitrogens is 1. The molecule has 40 heavy (non-hydrogen) atoms. The average Bonchev–Trinajstić information content (AvgIpc) is 3.72. The van der Waals surface area contributed by atoms with Gasteiger partial charge in [-0.1, -0.05) is 48.5 Å². The van der Waals surface area contributed by atoms with E-state index in [1.54, 1.807) is 9.80 Å². The molecule has 6 rings (SSSR count). The lowest BCUT2D eigenvalue weighted by molar-refractivity contribution is -0.147. The highest BCUT2D eigenvalue weighted by Crippen LogP contribution is 2.27. The van der Waals surface area contributed by atoms with E-state index in [2.05, 4.69) is 15.6 Å². The first-order valence-corrected chi connectivity index (χ1v) is 14.3. The third kappa shape index (κ3) is 5.20. The Balaban J connectivity index is 1.34. The number of hydrogen-bond acceptors (Lipinski definition) is 4. The van der Waals surface area contributed by atoms with Crippen LogP contribution in [0.25, 0.3) is 10.9 Å². The minimum Gasteiger partial charge on any atom is -0.361 e. The van der Waals surface area contributed by atoms with Crippen LogP contribution in [0.4, 0.5) is 0 Å². The number of nitrogens with one attached hydrogen (secondary N) is 3. The van der Waals surface area contributed by atoms with Gasteiger partial charge in [0.1, 0.15) is 18.1 Å². The Bertz CT molecular complexity index is 1420. The molecule has 3 fully saturated rings. The molecule has 208 valence electrons. The molecule has 9 nitrogen and oxygen atoms in total. The first-order valence-electron chi connectivity index (χ1n) is 14.3. The smallest absolute Gasteiger partial charge is 0.246 e. The molecule has 9 heteroatoms. The molecule has 3 aliphatic rings. The van der Waals surface area contributed by atoms with Crippen LogP contribution in [0, 0.1) is 0 Å². The van der Waals surface area contributed by atoms with Gasteiger partial charge in [-0.05, 0) is 49.3 Å². The summed E-state index contributed by atoms with van der Waals surface area (Å²) < 4.78 is 0. The van der Waals surface area contributed by atoms with E-state index in [9.17, 15) is 19.2 Å². The first kappa shape index (κ1) is 26.1. The molecule has 4 amide bonds. The van der Waals surface area contributed by atoms with E-state index in [4.69, 9.17) is 0 Å². The van der Waals surface area contributed by atoms with Crippen LogP contribution < -0.4 is 10.6 Å². The number of fused-ring (bicyclic) bond motifs is 3. The maximum Gasteiger partial charge on any atom is 0.246 e. The molecule has 1 aromatic heterocycles. The second-order valence-corrected chi connectivity index (χ2v) is 11.2. The Kier molecular flexibility index (Phi) is 7.28. The van der Waals surface area contributed by atoms with Gasteiger partial charge in [0.05, 0.1) is 0 Å². The Labute approximate surface area is 233 Å². The molecule has 0 aliphatic carbocycles. The maximum absolute atomic E-state index is 14.1. The number of amides is 4. The molecule has 0 saturated carbocycles. The number of carbonyl (C=O) groups excluding carboxylic acids is 4. The van der Waals surface area contributed by atoms with Gasteiger partial charge in [0.15, 0.2) is 0 Å². The van der Waals surface area contributed by atoms with E-state index in [0.717, 1.165) is 28.5 Å². The molecule has 3 aliphatic heterocycles. The molecular formula is C31H35N5O4. The monoisotopic (exact) mass is 541 g/mol. The van der Waals surface area contributed by atoms with Crippen molar-refractivity contribution in [1.29, 1.82) is 0 Å². The minimum absolute atomic E-state index is 0.0302. The molecule has 3 aromatic rings. The molecule has 4 heterocycles. The van der Waals surface area contributed by atoms with Crippen molar-refractivity contribution in [2.24, 2.45) is 0 Å². The summed E-state index contributed by atoms with van der Waals surface area (Å²) in [7, 11) is 0. The molecule has 0 spiro atoms. The molecule has 3 N–H and O–H groups in total. The number of aromatic nitrogens is 1. The van der Waals surface area contributed by atoms with Crippen molar-refractivity contribution in [3.05, 3.63) is 71.9 Å². The second kappa shape index (κ2) is 11.2. The third-order valence-corrected chi connectivity index (χ3v) is 8.49. The molecule has 2 aromatic carbocycles. The second-order valence-electron chi connectivity index (χ2n) is 11.2. The van der Waals surface area contributed by atoms with Crippen molar-refractivity contribution in [2.45, 2.75) is 69.1 Å². The fraction of sp³-hybridized carbons (Fsp3) is 0.419. The lowest BCUT2D eigenvalue weighted by Crippen LogP contribution is -2.56. The van der Waals surface area contributed by atoms with Gasteiger partial charge in [0.25, 0.3) is 0 Å². The summed E-state index contributed by atoms with van der Waals surface area (Å²) >= 11 is 0. The number of hydrogen-bond donors (Lipinski definition) is 3. The number of nitrogens with zero attached hydrogens (tertiary/aromatic N) is 2. The number of benzene rings is 2. The van der Waals surface area contributed by atoms with Crippen molar-refractivity contribution >= 4 is 34.5 Å². The van der Waals surface area contributed by atoms with Gasteiger partial charge in [0.2, 0.25) is 23.6 Å². The quantitative estimate of drug-likeness (QED) is 0.470. The van der Waals surface area contributed by atoms with Gasteiger partial charge < -0.3 is 25.4 Å². The van der Waals surface area contributed by atoms with Gasteiger partial charge in [0, 0.05) is 49.1 Å². The zero-order valence-electron chi connectivity index (χ0n) is 22.5. The van der Waals surface area contributed by atoms with E-state index in [0.29, 0.717) is 45.2 Å². The van der Waals surface area contributed by atoms with Crippen molar-refractivity contribution in [3.8, 4) is 0 Å². The van der Waals surface area contributed by atoms with Gasteiger partial charge in [-0.25, -0.2) is 0 Å². The standard InChI is InChI=1S/C31H35N5O4/c37-28-18-22(16-20-8-2-1-3-9-20)33-29(38)26-12-6-14-35(26)31(40)27-13-7-15-36(27)30(39)25(34-28)17-21-19-32-24-11-5-4-10-23(21)24/h1-5,8-11,19,22,25-27,32H,6-7,12-18H2,(H,33,38)(H,34,37). The summed E-state index contributed by atoms with van der Waals surface area (Å²) in [5, 5.41) is 7.08.